The average molecular weight is 326 g/mol. The molecule has 0 unspecified atom stereocenters. The second-order valence-electron chi connectivity index (χ2n) is 4.90. The van der Waals surface area contributed by atoms with Crippen LogP contribution in [0.1, 0.15) is 27.0 Å². The minimum atomic E-state index is -4.43. The van der Waals surface area contributed by atoms with Crippen LogP contribution >= 0.6 is 0 Å². The maximum absolute atomic E-state index is 12.4. The number of hydrogen-bond acceptors (Lipinski definition) is 4. The van der Waals surface area contributed by atoms with Crippen LogP contribution in [0, 0.1) is 6.92 Å². The summed E-state index contributed by atoms with van der Waals surface area (Å²) in [5.41, 5.74) is -0.266. The molecule has 2 aromatic rings. The minimum absolute atomic E-state index is 0.222. The van der Waals surface area contributed by atoms with Gasteiger partial charge >= 0.3 is 12.1 Å². The van der Waals surface area contributed by atoms with Crippen molar-refractivity contribution in [1.29, 1.82) is 0 Å². The van der Waals surface area contributed by atoms with Crippen LogP contribution in [0.25, 0.3) is 0 Å². The number of phenolic OH excluding ortho intramolecular Hbond substituents is 2. The maximum atomic E-state index is 12.4. The molecule has 2 N–H and O–H groups in total. The number of halogens is 3. The number of esters is 1. The monoisotopic (exact) mass is 326 g/mol. The Morgan fingerprint density at radius 1 is 1.04 bits per heavy atom. The number of aromatic hydroxyl groups is 2. The van der Waals surface area contributed by atoms with E-state index in [0.29, 0.717) is 11.1 Å². The van der Waals surface area contributed by atoms with Crippen molar-refractivity contribution in [1.82, 2.24) is 0 Å². The summed E-state index contributed by atoms with van der Waals surface area (Å²) in [5.74, 6) is -1.91. The SMILES string of the molecule is Cc1ccc(C(=O)OCc2ccc(C(F)(F)F)cc2)c(O)c1O. The number of ether oxygens (including phenoxy) is 1. The van der Waals surface area contributed by atoms with Crippen LogP contribution in [0.3, 0.4) is 0 Å². The van der Waals surface area contributed by atoms with Crippen LogP contribution in [-0.2, 0) is 17.5 Å². The Balaban J connectivity index is 2.06. The molecule has 0 aliphatic rings. The van der Waals surface area contributed by atoms with Crippen molar-refractivity contribution < 1.29 is 32.9 Å². The van der Waals surface area contributed by atoms with Gasteiger partial charge in [0.2, 0.25) is 0 Å². The number of carbonyl (C=O) groups is 1. The van der Waals surface area contributed by atoms with Gasteiger partial charge in [-0.1, -0.05) is 18.2 Å². The van der Waals surface area contributed by atoms with Crippen molar-refractivity contribution in [2.45, 2.75) is 19.7 Å². The van der Waals surface area contributed by atoms with Crippen molar-refractivity contribution in [3.05, 3.63) is 58.7 Å². The fourth-order valence-corrected chi connectivity index (χ4v) is 1.86. The second-order valence-corrected chi connectivity index (χ2v) is 4.90. The number of benzene rings is 2. The van der Waals surface area contributed by atoms with Crippen molar-refractivity contribution in [2.24, 2.45) is 0 Å². The molecule has 7 heteroatoms. The highest BCUT2D eigenvalue weighted by atomic mass is 19.4. The van der Waals surface area contributed by atoms with E-state index in [1.807, 2.05) is 0 Å². The molecule has 0 heterocycles. The molecule has 0 radical (unpaired) electrons. The molecule has 122 valence electrons. The molecule has 0 aliphatic heterocycles. The van der Waals surface area contributed by atoms with Gasteiger partial charge in [0.05, 0.1) is 5.56 Å². The van der Waals surface area contributed by atoms with Crippen LogP contribution in [-0.4, -0.2) is 16.2 Å². The second kappa shape index (κ2) is 6.20. The summed E-state index contributed by atoms with van der Waals surface area (Å²) in [4.78, 5) is 11.9. The first-order valence-corrected chi connectivity index (χ1v) is 6.55. The van der Waals surface area contributed by atoms with Gasteiger partial charge in [-0.15, -0.1) is 0 Å². The molecule has 0 bridgehead atoms. The molecule has 0 spiro atoms. The van der Waals surface area contributed by atoms with E-state index in [1.165, 1.54) is 24.3 Å². The first-order chi connectivity index (χ1) is 10.7. The Bertz CT molecular complexity index is 721. The number of rotatable bonds is 3. The van der Waals surface area contributed by atoms with Gasteiger partial charge in [-0.05, 0) is 36.2 Å². The molecular weight excluding hydrogens is 313 g/mol. The fourth-order valence-electron chi connectivity index (χ4n) is 1.86. The number of alkyl halides is 3. The van der Waals surface area contributed by atoms with Crippen molar-refractivity contribution >= 4 is 5.97 Å². The standard InChI is InChI=1S/C16H13F3O4/c1-9-2-7-12(14(21)13(9)20)15(22)23-8-10-3-5-11(6-4-10)16(17,18)19/h2-7,20-21H,8H2,1H3. The zero-order chi connectivity index (χ0) is 17.2. The lowest BCUT2D eigenvalue weighted by atomic mass is 10.1. The number of hydrogen-bond donors (Lipinski definition) is 2. The van der Waals surface area contributed by atoms with Gasteiger partial charge in [0.1, 0.15) is 12.2 Å². The highest BCUT2D eigenvalue weighted by Gasteiger charge is 2.30. The van der Waals surface area contributed by atoms with E-state index in [0.717, 1.165) is 12.1 Å². The maximum Gasteiger partial charge on any atom is 0.416 e. The number of aryl methyl sites for hydroxylation is 1. The van der Waals surface area contributed by atoms with E-state index in [2.05, 4.69) is 0 Å². The lowest BCUT2D eigenvalue weighted by Gasteiger charge is -2.10. The van der Waals surface area contributed by atoms with Crippen LogP contribution < -0.4 is 0 Å². The Hall–Kier alpha value is -2.70. The summed E-state index contributed by atoms with van der Waals surface area (Å²) in [6.45, 7) is 1.29. The van der Waals surface area contributed by atoms with Gasteiger partial charge in [-0.3, -0.25) is 0 Å². The van der Waals surface area contributed by atoms with Crippen LogP contribution in [0.15, 0.2) is 36.4 Å². The lowest BCUT2D eigenvalue weighted by Crippen LogP contribution is -2.07. The van der Waals surface area contributed by atoms with Gasteiger partial charge in [-0.2, -0.15) is 13.2 Å². The molecule has 0 aromatic heterocycles. The molecule has 2 aromatic carbocycles. The van der Waals surface area contributed by atoms with Gasteiger partial charge in [0.25, 0.3) is 0 Å². The van der Waals surface area contributed by atoms with Crippen LogP contribution in [0.5, 0.6) is 11.5 Å². The third kappa shape index (κ3) is 3.74. The third-order valence-electron chi connectivity index (χ3n) is 3.22. The summed E-state index contributed by atoms with van der Waals surface area (Å²) in [7, 11) is 0. The topological polar surface area (TPSA) is 66.8 Å². The molecule has 0 fully saturated rings. The first kappa shape index (κ1) is 16.7. The van der Waals surface area contributed by atoms with E-state index >= 15 is 0 Å². The Labute approximate surface area is 129 Å². The Kier molecular flexibility index (Phi) is 4.49. The number of carbonyl (C=O) groups excluding carboxylic acids is 1. The van der Waals surface area contributed by atoms with E-state index < -0.39 is 29.2 Å². The highest BCUT2D eigenvalue weighted by Crippen LogP contribution is 2.33. The molecule has 0 aliphatic carbocycles. The molecule has 0 saturated heterocycles. The summed E-state index contributed by atoms with van der Waals surface area (Å²) < 4.78 is 42.2. The van der Waals surface area contributed by atoms with E-state index in [-0.39, 0.29) is 12.2 Å². The molecular formula is C16H13F3O4. The van der Waals surface area contributed by atoms with E-state index in [1.54, 1.807) is 6.92 Å². The highest BCUT2D eigenvalue weighted by molar-refractivity contribution is 5.93. The van der Waals surface area contributed by atoms with Gasteiger partial charge in [0, 0.05) is 0 Å². The van der Waals surface area contributed by atoms with Crippen molar-refractivity contribution in [2.75, 3.05) is 0 Å². The lowest BCUT2D eigenvalue weighted by molar-refractivity contribution is -0.137. The normalized spacial score (nSPS) is 11.3. The van der Waals surface area contributed by atoms with Crippen LogP contribution in [0.4, 0.5) is 13.2 Å². The smallest absolute Gasteiger partial charge is 0.416 e. The molecule has 0 atom stereocenters. The van der Waals surface area contributed by atoms with E-state index in [4.69, 9.17) is 4.74 Å². The molecule has 0 saturated carbocycles. The summed E-state index contributed by atoms with van der Waals surface area (Å²) in [5, 5.41) is 19.3. The molecule has 0 amide bonds. The minimum Gasteiger partial charge on any atom is -0.504 e. The van der Waals surface area contributed by atoms with Gasteiger partial charge < -0.3 is 14.9 Å². The van der Waals surface area contributed by atoms with Crippen molar-refractivity contribution in [3.8, 4) is 11.5 Å². The first-order valence-electron chi connectivity index (χ1n) is 6.55. The fraction of sp³-hybridized carbons (Fsp3) is 0.188. The Morgan fingerprint density at radius 2 is 1.65 bits per heavy atom. The van der Waals surface area contributed by atoms with Crippen LogP contribution in [0.2, 0.25) is 0 Å². The zero-order valence-electron chi connectivity index (χ0n) is 12.0. The Morgan fingerprint density at radius 3 is 2.22 bits per heavy atom. The summed E-state index contributed by atoms with van der Waals surface area (Å²) in [6, 6.07) is 6.89. The van der Waals surface area contributed by atoms with Gasteiger partial charge in [-0.25, -0.2) is 4.79 Å². The van der Waals surface area contributed by atoms with Gasteiger partial charge in [0.15, 0.2) is 11.5 Å². The molecule has 23 heavy (non-hydrogen) atoms. The molecule has 4 nitrogen and oxygen atoms in total. The molecule has 2 rings (SSSR count). The average Bonchev–Trinajstić information content (AvgIpc) is 2.50. The predicted octanol–water partition coefficient (Wildman–Crippen LogP) is 3.78. The zero-order valence-corrected chi connectivity index (χ0v) is 12.0. The number of phenols is 2. The predicted molar refractivity (Wildman–Crippen MR) is 75.1 cm³/mol. The van der Waals surface area contributed by atoms with E-state index in [9.17, 15) is 28.2 Å². The quantitative estimate of drug-likeness (QED) is 0.665. The largest absolute Gasteiger partial charge is 0.504 e. The summed E-state index contributed by atoms with van der Waals surface area (Å²) >= 11 is 0. The third-order valence-corrected chi connectivity index (χ3v) is 3.22. The summed E-state index contributed by atoms with van der Waals surface area (Å²) in [6.07, 6.45) is -4.43. The van der Waals surface area contributed by atoms with Crippen molar-refractivity contribution in [3.63, 3.8) is 0 Å².